The van der Waals surface area contributed by atoms with Gasteiger partial charge in [-0.1, -0.05) is 13.5 Å². The zero-order chi connectivity index (χ0) is 14.1. The maximum atomic E-state index is 11.3. The summed E-state index contributed by atoms with van der Waals surface area (Å²) >= 11 is 0. The fourth-order valence-corrected chi connectivity index (χ4v) is 0.981. The van der Waals surface area contributed by atoms with Crippen molar-refractivity contribution in [2.45, 2.75) is 39.2 Å². The maximum absolute atomic E-state index is 11.3. The van der Waals surface area contributed by atoms with Gasteiger partial charge in [-0.25, -0.2) is 4.79 Å². The van der Waals surface area contributed by atoms with Crippen molar-refractivity contribution in [1.82, 2.24) is 0 Å². The van der Waals surface area contributed by atoms with Gasteiger partial charge in [-0.3, -0.25) is 9.59 Å². The zero-order valence-corrected chi connectivity index (χ0v) is 10.6. The van der Waals surface area contributed by atoms with Gasteiger partial charge in [-0.2, -0.15) is 0 Å². The van der Waals surface area contributed by atoms with Gasteiger partial charge in [0.05, 0.1) is 12.8 Å². The van der Waals surface area contributed by atoms with Gasteiger partial charge in [0.25, 0.3) is 0 Å². The van der Waals surface area contributed by atoms with Crippen molar-refractivity contribution in [1.29, 1.82) is 0 Å². The van der Waals surface area contributed by atoms with Crippen LogP contribution >= 0.6 is 0 Å². The van der Waals surface area contributed by atoms with E-state index in [4.69, 9.17) is 14.6 Å². The number of aliphatic carboxylic acids is 1. The lowest BCUT2D eigenvalue weighted by Gasteiger charge is -2.16. The van der Waals surface area contributed by atoms with E-state index in [1.807, 2.05) is 0 Å². The third kappa shape index (κ3) is 7.43. The Hall–Kier alpha value is -1.85. The number of hydrogen-bond acceptors (Lipinski definition) is 5. The van der Waals surface area contributed by atoms with Crippen LogP contribution in [0.25, 0.3) is 0 Å². The minimum atomic E-state index is -1.06. The minimum absolute atomic E-state index is 0.0546. The molecule has 0 aromatic rings. The highest BCUT2D eigenvalue weighted by Crippen LogP contribution is 2.04. The Morgan fingerprint density at radius 1 is 1.28 bits per heavy atom. The largest absolute Gasteiger partial charge is 0.481 e. The van der Waals surface area contributed by atoms with Crippen LogP contribution in [0.5, 0.6) is 0 Å². The van der Waals surface area contributed by atoms with Crippen molar-refractivity contribution in [3.8, 4) is 0 Å². The van der Waals surface area contributed by atoms with Gasteiger partial charge in [0.1, 0.15) is 12.7 Å². The summed E-state index contributed by atoms with van der Waals surface area (Å²) < 4.78 is 9.82. The van der Waals surface area contributed by atoms with Crippen LogP contribution in [0.3, 0.4) is 0 Å². The topological polar surface area (TPSA) is 89.9 Å². The molecule has 0 rings (SSSR count). The summed E-state index contributed by atoms with van der Waals surface area (Å²) in [6.45, 7) is 6.65. The van der Waals surface area contributed by atoms with Crippen LogP contribution in [0.4, 0.5) is 0 Å². The average molecular weight is 258 g/mol. The third-order valence-corrected chi connectivity index (χ3v) is 2.05. The second-order valence-corrected chi connectivity index (χ2v) is 3.79. The first-order valence-electron chi connectivity index (χ1n) is 5.60. The average Bonchev–Trinajstić information content (AvgIpc) is 2.31. The van der Waals surface area contributed by atoms with E-state index >= 15 is 0 Å². The molecule has 0 heterocycles. The number of carboxylic acids is 1. The Labute approximate surface area is 106 Å². The molecule has 1 atom stereocenters. The van der Waals surface area contributed by atoms with Crippen LogP contribution < -0.4 is 0 Å². The van der Waals surface area contributed by atoms with E-state index < -0.39 is 24.0 Å². The molecule has 0 fully saturated rings. The second kappa shape index (κ2) is 8.27. The molecule has 0 amide bonds. The Balaban J connectivity index is 4.03. The van der Waals surface area contributed by atoms with Crippen LogP contribution in [0.1, 0.15) is 33.1 Å². The van der Waals surface area contributed by atoms with E-state index in [2.05, 4.69) is 6.58 Å². The quantitative estimate of drug-likeness (QED) is 0.521. The molecule has 6 nitrogen and oxygen atoms in total. The summed E-state index contributed by atoms with van der Waals surface area (Å²) in [6.07, 6.45) is -0.557. The van der Waals surface area contributed by atoms with Crippen molar-refractivity contribution < 1.29 is 29.0 Å². The lowest BCUT2D eigenvalue weighted by Crippen LogP contribution is -2.25. The van der Waals surface area contributed by atoms with E-state index in [-0.39, 0.29) is 25.0 Å². The molecule has 0 saturated heterocycles. The normalized spacial score (nSPS) is 11.4. The van der Waals surface area contributed by atoms with Crippen molar-refractivity contribution in [3.05, 3.63) is 12.2 Å². The Kier molecular flexibility index (Phi) is 7.42. The number of rotatable bonds is 8. The molecule has 0 aliphatic rings. The van der Waals surface area contributed by atoms with Crippen molar-refractivity contribution >= 4 is 17.9 Å². The van der Waals surface area contributed by atoms with Crippen LogP contribution in [0.15, 0.2) is 12.2 Å². The minimum Gasteiger partial charge on any atom is -0.481 e. The van der Waals surface area contributed by atoms with Gasteiger partial charge >= 0.3 is 17.9 Å². The first kappa shape index (κ1) is 16.1. The van der Waals surface area contributed by atoms with E-state index in [0.717, 1.165) is 0 Å². The summed E-state index contributed by atoms with van der Waals surface area (Å²) in [4.78, 5) is 32.6. The molecule has 1 unspecified atom stereocenters. The lowest BCUT2D eigenvalue weighted by molar-refractivity contribution is -0.158. The second-order valence-electron chi connectivity index (χ2n) is 3.79. The molecule has 0 aliphatic heterocycles. The number of esters is 2. The molecule has 0 spiro atoms. The van der Waals surface area contributed by atoms with Crippen LogP contribution in [-0.4, -0.2) is 35.7 Å². The fourth-order valence-electron chi connectivity index (χ4n) is 0.981. The fraction of sp³-hybridized carbons (Fsp3) is 0.583. The van der Waals surface area contributed by atoms with Gasteiger partial charge in [-0.15, -0.1) is 0 Å². The highest BCUT2D eigenvalue weighted by molar-refractivity contribution is 5.86. The molecule has 18 heavy (non-hydrogen) atoms. The highest BCUT2D eigenvalue weighted by atomic mass is 16.6. The first-order chi connectivity index (χ1) is 8.36. The molecule has 0 radical (unpaired) electrons. The SMILES string of the molecule is C=C(C)C(=O)OCC(CC)OC(=O)CCC(=O)O. The summed E-state index contributed by atoms with van der Waals surface area (Å²) in [7, 11) is 0. The van der Waals surface area contributed by atoms with Gasteiger partial charge in [0.15, 0.2) is 0 Å². The smallest absolute Gasteiger partial charge is 0.333 e. The molecule has 0 aromatic carbocycles. The van der Waals surface area contributed by atoms with Gasteiger partial charge in [-0.05, 0) is 13.3 Å². The summed E-state index contributed by atoms with van der Waals surface area (Å²) in [5.74, 6) is -2.22. The predicted octanol–water partition coefficient (Wildman–Crippen LogP) is 1.29. The van der Waals surface area contributed by atoms with E-state index in [9.17, 15) is 14.4 Å². The van der Waals surface area contributed by atoms with E-state index in [1.165, 1.54) is 6.92 Å². The zero-order valence-electron chi connectivity index (χ0n) is 10.6. The highest BCUT2D eigenvalue weighted by Gasteiger charge is 2.16. The van der Waals surface area contributed by atoms with Crippen molar-refractivity contribution in [3.63, 3.8) is 0 Å². The van der Waals surface area contributed by atoms with Crippen LogP contribution in [0, 0.1) is 0 Å². The summed E-state index contributed by atoms with van der Waals surface area (Å²) in [5.41, 5.74) is 0.266. The monoisotopic (exact) mass is 258 g/mol. The molecule has 0 bridgehead atoms. The van der Waals surface area contributed by atoms with Gasteiger partial charge < -0.3 is 14.6 Å². The van der Waals surface area contributed by atoms with E-state index in [1.54, 1.807) is 6.92 Å². The molecule has 0 saturated carbocycles. The summed E-state index contributed by atoms with van der Waals surface area (Å²) in [5, 5.41) is 8.40. The van der Waals surface area contributed by atoms with Crippen molar-refractivity contribution in [2.24, 2.45) is 0 Å². The number of carbonyl (C=O) groups excluding carboxylic acids is 2. The Morgan fingerprint density at radius 3 is 2.33 bits per heavy atom. The first-order valence-corrected chi connectivity index (χ1v) is 5.60. The standard InChI is InChI=1S/C12H18O6/c1-4-9(7-17-12(16)8(2)3)18-11(15)6-5-10(13)14/h9H,2,4-7H2,1,3H3,(H,13,14). The maximum Gasteiger partial charge on any atom is 0.333 e. The molecule has 1 N–H and O–H groups in total. The molecule has 0 aromatic heterocycles. The van der Waals surface area contributed by atoms with E-state index in [0.29, 0.717) is 6.42 Å². The number of hydrogen-bond donors (Lipinski definition) is 1. The third-order valence-electron chi connectivity index (χ3n) is 2.05. The molecular weight excluding hydrogens is 240 g/mol. The van der Waals surface area contributed by atoms with Gasteiger partial charge in [0, 0.05) is 5.57 Å². The van der Waals surface area contributed by atoms with Crippen LogP contribution in [0.2, 0.25) is 0 Å². The summed E-state index contributed by atoms with van der Waals surface area (Å²) in [6, 6.07) is 0. The number of carboxylic acid groups (broad SMARTS) is 1. The van der Waals surface area contributed by atoms with Crippen LogP contribution in [-0.2, 0) is 23.9 Å². The molecule has 0 aliphatic carbocycles. The molecule has 6 heteroatoms. The number of ether oxygens (including phenoxy) is 2. The molecular formula is C12H18O6. The van der Waals surface area contributed by atoms with Crippen molar-refractivity contribution in [2.75, 3.05) is 6.61 Å². The molecule has 102 valence electrons. The Bertz CT molecular complexity index is 333. The van der Waals surface area contributed by atoms with Gasteiger partial charge in [0.2, 0.25) is 0 Å². The lowest BCUT2D eigenvalue weighted by atomic mass is 10.2. The predicted molar refractivity (Wildman–Crippen MR) is 62.8 cm³/mol. The number of carbonyl (C=O) groups is 3. The Morgan fingerprint density at radius 2 is 1.89 bits per heavy atom.